The second-order valence-corrected chi connectivity index (χ2v) is 7.85. The Balaban J connectivity index is 1.55. The molecule has 0 saturated carbocycles. The third kappa shape index (κ3) is 4.79. The zero-order chi connectivity index (χ0) is 22.5. The molecule has 0 fully saturated rings. The van der Waals surface area contributed by atoms with E-state index in [1.54, 1.807) is 30.5 Å². The number of anilines is 1. The van der Waals surface area contributed by atoms with Crippen LogP contribution in [-0.4, -0.2) is 24.1 Å². The summed E-state index contributed by atoms with van der Waals surface area (Å²) in [4.78, 5) is 17.4. The fraction of sp³-hybridized carbons (Fsp3) is 0.120. The van der Waals surface area contributed by atoms with Gasteiger partial charge in [0.1, 0.15) is 24.7 Å². The van der Waals surface area contributed by atoms with Crippen LogP contribution in [0.3, 0.4) is 0 Å². The number of fused-ring (bicyclic) bond motifs is 1. The van der Waals surface area contributed by atoms with Gasteiger partial charge in [-0.15, -0.1) is 0 Å². The second-order valence-electron chi connectivity index (χ2n) is 7.03. The Bertz CT molecular complexity index is 1240. The number of nitrogens with one attached hydrogen (secondary N) is 1. The van der Waals surface area contributed by atoms with Crippen LogP contribution in [0, 0.1) is 6.92 Å². The normalized spacial score (nSPS) is 10.7. The van der Waals surface area contributed by atoms with Crippen LogP contribution in [0.25, 0.3) is 10.9 Å². The zero-order valence-electron chi connectivity index (χ0n) is 17.3. The number of para-hydroxylation sites is 2. The van der Waals surface area contributed by atoms with Gasteiger partial charge in [-0.3, -0.25) is 9.78 Å². The highest BCUT2D eigenvalue weighted by Crippen LogP contribution is 2.33. The number of pyridine rings is 1. The molecule has 1 heterocycles. The van der Waals surface area contributed by atoms with Gasteiger partial charge >= 0.3 is 0 Å². The van der Waals surface area contributed by atoms with Gasteiger partial charge in [-0.05, 0) is 43.3 Å². The van der Waals surface area contributed by atoms with Gasteiger partial charge in [-0.1, -0.05) is 53.5 Å². The van der Waals surface area contributed by atoms with Crippen molar-refractivity contribution in [1.82, 2.24) is 4.98 Å². The Morgan fingerprint density at radius 3 is 2.34 bits per heavy atom. The average molecular weight is 467 g/mol. The van der Waals surface area contributed by atoms with Crippen molar-refractivity contribution in [3.05, 3.63) is 94.1 Å². The number of hydrogen-bond acceptors (Lipinski definition) is 4. The molecule has 4 aromatic rings. The second kappa shape index (κ2) is 9.90. The van der Waals surface area contributed by atoms with Crippen molar-refractivity contribution in [2.45, 2.75) is 6.92 Å². The first-order valence-electron chi connectivity index (χ1n) is 9.99. The number of amides is 1. The molecule has 0 saturated heterocycles. The lowest BCUT2D eigenvalue weighted by atomic mass is 10.1. The van der Waals surface area contributed by atoms with E-state index in [0.29, 0.717) is 30.2 Å². The van der Waals surface area contributed by atoms with E-state index in [1.807, 2.05) is 49.4 Å². The zero-order valence-corrected chi connectivity index (χ0v) is 18.8. The highest BCUT2D eigenvalue weighted by molar-refractivity contribution is 6.40. The molecule has 32 heavy (non-hydrogen) atoms. The SMILES string of the molecule is Cc1cnc2c(NC(=O)c3c(Cl)cccc3Cl)cccc2c1OCCOc1ccccc1. The molecular formula is C25H20Cl2N2O3. The number of halogens is 2. The van der Waals surface area contributed by atoms with E-state index < -0.39 is 5.91 Å². The van der Waals surface area contributed by atoms with Crippen molar-refractivity contribution in [3.63, 3.8) is 0 Å². The lowest BCUT2D eigenvalue weighted by molar-refractivity contribution is 0.102. The molecule has 1 N–H and O–H groups in total. The monoisotopic (exact) mass is 466 g/mol. The molecule has 5 nitrogen and oxygen atoms in total. The van der Waals surface area contributed by atoms with Gasteiger partial charge in [0.25, 0.3) is 5.91 Å². The summed E-state index contributed by atoms with van der Waals surface area (Å²) in [6.07, 6.45) is 1.72. The molecule has 3 aromatic carbocycles. The fourth-order valence-electron chi connectivity index (χ4n) is 3.31. The van der Waals surface area contributed by atoms with E-state index in [4.69, 9.17) is 32.7 Å². The molecule has 0 radical (unpaired) electrons. The van der Waals surface area contributed by atoms with Crippen LogP contribution < -0.4 is 14.8 Å². The molecule has 0 aliphatic carbocycles. The molecule has 0 aliphatic rings. The number of aromatic nitrogens is 1. The Labute approximate surface area is 195 Å². The number of hydrogen-bond donors (Lipinski definition) is 1. The predicted molar refractivity (Wildman–Crippen MR) is 128 cm³/mol. The summed E-state index contributed by atoms with van der Waals surface area (Å²) in [7, 11) is 0. The van der Waals surface area contributed by atoms with Gasteiger partial charge in [0.2, 0.25) is 0 Å². The summed E-state index contributed by atoms with van der Waals surface area (Å²) in [6.45, 7) is 2.68. The van der Waals surface area contributed by atoms with Crippen molar-refractivity contribution in [2.75, 3.05) is 18.5 Å². The molecular weight excluding hydrogens is 447 g/mol. The van der Waals surface area contributed by atoms with Crippen LogP contribution in [0.4, 0.5) is 5.69 Å². The molecule has 1 aromatic heterocycles. The third-order valence-electron chi connectivity index (χ3n) is 4.81. The Morgan fingerprint density at radius 1 is 0.906 bits per heavy atom. The van der Waals surface area contributed by atoms with E-state index in [1.165, 1.54) is 0 Å². The van der Waals surface area contributed by atoms with E-state index in [0.717, 1.165) is 16.7 Å². The number of rotatable bonds is 7. The van der Waals surface area contributed by atoms with E-state index in [9.17, 15) is 4.79 Å². The van der Waals surface area contributed by atoms with E-state index in [2.05, 4.69) is 10.3 Å². The summed E-state index contributed by atoms with van der Waals surface area (Å²) in [5.74, 6) is 1.07. The number of aryl methyl sites for hydroxylation is 1. The molecule has 0 bridgehead atoms. The molecule has 0 spiro atoms. The number of carbonyl (C=O) groups is 1. The van der Waals surface area contributed by atoms with Crippen LogP contribution in [0.15, 0.2) is 72.9 Å². The van der Waals surface area contributed by atoms with Crippen molar-refractivity contribution in [2.24, 2.45) is 0 Å². The number of carbonyl (C=O) groups excluding carboxylic acids is 1. The molecule has 0 atom stereocenters. The number of nitrogens with zero attached hydrogens (tertiary/aromatic N) is 1. The molecule has 0 aliphatic heterocycles. The first-order chi connectivity index (χ1) is 15.5. The molecule has 4 rings (SSSR count). The van der Waals surface area contributed by atoms with Gasteiger partial charge in [0.05, 0.1) is 26.8 Å². The van der Waals surface area contributed by atoms with Gasteiger partial charge in [0.15, 0.2) is 0 Å². The Kier molecular flexibility index (Phi) is 6.78. The van der Waals surface area contributed by atoms with Crippen LogP contribution in [-0.2, 0) is 0 Å². The first kappa shape index (κ1) is 21.9. The molecule has 162 valence electrons. The molecule has 7 heteroatoms. The standard InChI is InChI=1S/C25H20Cl2N2O3/c1-16-15-28-23-18(24(16)32-14-13-31-17-7-3-2-4-8-17)9-5-12-21(23)29-25(30)22-19(26)10-6-11-20(22)27/h2-12,15H,13-14H2,1H3,(H,29,30). The predicted octanol–water partition coefficient (Wildman–Crippen LogP) is 6.56. The minimum atomic E-state index is -0.408. The van der Waals surface area contributed by atoms with Crippen LogP contribution in [0.5, 0.6) is 11.5 Å². The third-order valence-corrected chi connectivity index (χ3v) is 5.44. The summed E-state index contributed by atoms with van der Waals surface area (Å²) >= 11 is 12.4. The minimum absolute atomic E-state index is 0.217. The van der Waals surface area contributed by atoms with Crippen LogP contribution in [0.1, 0.15) is 15.9 Å². The smallest absolute Gasteiger partial charge is 0.258 e. The summed E-state index contributed by atoms with van der Waals surface area (Å²) in [6, 6.07) is 20.0. The number of ether oxygens (including phenoxy) is 2. The quantitative estimate of drug-likeness (QED) is 0.313. The van der Waals surface area contributed by atoms with Gasteiger partial charge in [-0.2, -0.15) is 0 Å². The minimum Gasteiger partial charge on any atom is -0.490 e. The maximum atomic E-state index is 12.8. The van der Waals surface area contributed by atoms with Gasteiger partial charge in [0, 0.05) is 17.1 Å². The van der Waals surface area contributed by atoms with E-state index in [-0.39, 0.29) is 15.6 Å². The lowest BCUT2D eigenvalue weighted by Gasteiger charge is -2.15. The highest BCUT2D eigenvalue weighted by atomic mass is 35.5. The van der Waals surface area contributed by atoms with Crippen molar-refractivity contribution < 1.29 is 14.3 Å². The first-order valence-corrected chi connectivity index (χ1v) is 10.7. The average Bonchev–Trinajstić information content (AvgIpc) is 2.78. The van der Waals surface area contributed by atoms with Crippen molar-refractivity contribution in [3.8, 4) is 11.5 Å². The summed E-state index contributed by atoms with van der Waals surface area (Å²) < 4.78 is 11.7. The number of benzene rings is 3. The molecule has 1 amide bonds. The Morgan fingerprint density at radius 2 is 1.59 bits per heavy atom. The topological polar surface area (TPSA) is 60.5 Å². The van der Waals surface area contributed by atoms with Gasteiger partial charge < -0.3 is 14.8 Å². The lowest BCUT2D eigenvalue weighted by Crippen LogP contribution is -2.14. The summed E-state index contributed by atoms with van der Waals surface area (Å²) in [5.41, 5.74) is 2.24. The fourth-order valence-corrected chi connectivity index (χ4v) is 3.88. The maximum absolute atomic E-state index is 12.8. The Hall–Kier alpha value is -3.28. The van der Waals surface area contributed by atoms with Crippen LogP contribution in [0.2, 0.25) is 10.0 Å². The van der Waals surface area contributed by atoms with Crippen LogP contribution >= 0.6 is 23.2 Å². The highest BCUT2D eigenvalue weighted by Gasteiger charge is 2.17. The van der Waals surface area contributed by atoms with Crippen molar-refractivity contribution in [1.29, 1.82) is 0 Å². The summed E-state index contributed by atoms with van der Waals surface area (Å²) in [5, 5.41) is 4.21. The largest absolute Gasteiger partial charge is 0.490 e. The molecule has 0 unspecified atom stereocenters. The maximum Gasteiger partial charge on any atom is 0.258 e. The van der Waals surface area contributed by atoms with E-state index >= 15 is 0 Å². The van der Waals surface area contributed by atoms with Gasteiger partial charge in [-0.25, -0.2) is 0 Å². The van der Waals surface area contributed by atoms with Crippen molar-refractivity contribution >= 4 is 45.7 Å².